The van der Waals surface area contributed by atoms with Gasteiger partial charge in [0, 0.05) is 12.2 Å². The fourth-order valence-electron chi connectivity index (χ4n) is 1.32. The maximum Gasteiger partial charge on any atom is 0.305 e. The molecule has 0 aliphatic rings. The predicted molar refractivity (Wildman–Crippen MR) is 66.9 cm³/mol. The summed E-state index contributed by atoms with van der Waals surface area (Å²) >= 11 is 0. The molecule has 0 aliphatic heterocycles. The molecule has 0 amide bonds. The van der Waals surface area contributed by atoms with Gasteiger partial charge >= 0.3 is 5.69 Å². The van der Waals surface area contributed by atoms with Crippen molar-refractivity contribution in [3.05, 3.63) is 52.3 Å². The van der Waals surface area contributed by atoms with E-state index in [0.717, 1.165) is 18.0 Å². The van der Waals surface area contributed by atoms with Crippen LogP contribution in [0.2, 0.25) is 0 Å². The second kappa shape index (κ2) is 5.09. The van der Waals surface area contributed by atoms with Crippen molar-refractivity contribution in [2.24, 2.45) is 0 Å². The molecule has 2 aromatic rings. The first-order valence-electron chi connectivity index (χ1n) is 5.20. The third-order valence-electron chi connectivity index (χ3n) is 2.28. The number of nitro groups is 1. The van der Waals surface area contributed by atoms with Gasteiger partial charge < -0.3 is 11.1 Å². The van der Waals surface area contributed by atoms with Crippen molar-refractivity contribution in [1.29, 1.82) is 0 Å². The first-order chi connectivity index (χ1) is 8.65. The molecule has 3 N–H and O–H groups in total. The molecule has 1 aromatic carbocycles. The van der Waals surface area contributed by atoms with Gasteiger partial charge in [-0.1, -0.05) is 12.1 Å². The van der Waals surface area contributed by atoms with Crippen molar-refractivity contribution in [1.82, 2.24) is 9.97 Å². The van der Waals surface area contributed by atoms with Gasteiger partial charge in [-0.25, -0.2) is 9.97 Å². The fraction of sp³-hybridized carbons (Fsp3) is 0.0909. The molecule has 7 nitrogen and oxygen atoms in total. The predicted octanol–water partition coefficient (Wildman–Crippen LogP) is 1.58. The fourth-order valence-corrected chi connectivity index (χ4v) is 1.32. The second-order valence-corrected chi connectivity index (χ2v) is 3.62. The first-order valence-corrected chi connectivity index (χ1v) is 5.20. The van der Waals surface area contributed by atoms with Crippen LogP contribution in [-0.4, -0.2) is 14.9 Å². The van der Waals surface area contributed by atoms with Crippen LogP contribution >= 0.6 is 0 Å². The molecule has 18 heavy (non-hydrogen) atoms. The molecule has 2 rings (SSSR count). The van der Waals surface area contributed by atoms with Gasteiger partial charge in [-0.15, -0.1) is 0 Å². The molecule has 0 bridgehead atoms. The van der Waals surface area contributed by atoms with E-state index >= 15 is 0 Å². The average molecular weight is 245 g/mol. The standard InChI is InChI=1S/C11H11N5O2/c12-9-3-1-8(2-4-9)5-13-11-14-6-10(7-15-11)16(17)18/h1-4,6-7H,5,12H2,(H,13,14,15). The summed E-state index contributed by atoms with van der Waals surface area (Å²) in [6.07, 6.45) is 2.33. The zero-order valence-corrected chi connectivity index (χ0v) is 9.41. The number of nitrogens with one attached hydrogen (secondary N) is 1. The van der Waals surface area contributed by atoms with E-state index in [1.54, 1.807) is 12.1 Å². The molecule has 0 aliphatic carbocycles. The van der Waals surface area contributed by atoms with Crippen LogP contribution in [0.15, 0.2) is 36.7 Å². The highest BCUT2D eigenvalue weighted by atomic mass is 16.6. The number of nitrogens with zero attached hydrogens (tertiary/aromatic N) is 3. The molecule has 0 atom stereocenters. The van der Waals surface area contributed by atoms with Crippen molar-refractivity contribution in [2.75, 3.05) is 11.1 Å². The molecule has 0 fully saturated rings. The Labute approximate surface area is 103 Å². The number of rotatable bonds is 4. The van der Waals surface area contributed by atoms with E-state index in [2.05, 4.69) is 15.3 Å². The smallest absolute Gasteiger partial charge is 0.305 e. The summed E-state index contributed by atoms with van der Waals surface area (Å²) in [5.41, 5.74) is 7.16. The van der Waals surface area contributed by atoms with Crippen LogP contribution in [0, 0.1) is 10.1 Å². The second-order valence-electron chi connectivity index (χ2n) is 3.62. The Hall–Kier alpha value is -2.70. The lowest BCUT2D eigenvalue weighted by atomic mass is 10.2. The summed E-state index contributed by atoms with van der Waals surface area (Å²) in [4.78, 5) is 17.6. The molecule has 0 saturated carbocycles. The Bertz CT molecular complexity index is 538. The van der Waals surface area contributed by atoms with Crippen molar-refractivity contribution < 1.29 is 4.92 Å². The Morgan fingerprint density at radius 3 is 2.39 bits per heavy atom. The zero-order valence-electron chi connectivity index (χ0n) is 9.41. The van der Waals surface area contributed by atoms with Gasteiger partial charge in [-0.05, 0) is 17.7 Å². The van der Waals surface area contributed by atoms with E-state index in [1.807, 2.05) is 12.1 Å². The number of hydrogen-bond donors (Lipinski definition) is 2. The molecule has 0 unspecified atom stereocenters. The zero-order chi connectivity index (χ0) is 13.0. The number of nitrogens with two attached hydrogens (primary N) is 1. The molecule has 7 heteroatoms. The lowest BCUT2D eigenvalue weighted by Gasteiger charge is -2.04. The van der Waals surface area contributed by atoms with Crippen molar-refractivity contribution in [2.45, 2.75) is 6.54 Å². The van der Waals surface area contributed by atoms with Crippen molar-refractivity contribution >= 4 is 17.3 Å². The van der Waals surface area contributed by atoms with E-state index in [0.29, 0.717) is 18.2 Å². The summed E-state index contributed by atoms with van der Waals surface area (Å²) in [6.45, 7) is 0.526. The molecule has 0 radical (unpaired) electrons. The minimum atomic E-state index is -0.538. The van der Waals surface area contributed by atoms with E-state index in [1.165, 1.54) is 0 Å². The summed E-state index contributed by atoms with van der Waals surface area (Å²) in [7, 11) is 0. The number of benzene rings is 1. The van der Waals surface area contributed by atoms with Crippen LogP contribution in [0.4, 0.5) is 17.3 Å². The van der Waals surface area contributed by atoms with E-state index in [9.17, 15) is 10.1 Å². The van der Waals surface area contributed by atoms with Crippen LogP contribution in [0.3, 0.4) is 0 Å². The number of aromatic nitrogens is 2. The van der Waals surface area contributed by atoms with Crippen LogP contribution in [-0.2, 0) is 6.54 Å². The van der Waals surface area contributed by atoms with Gasteiger partial charge in [-0.3, -0.25) is 10.1 Å². The van der Waals surface area contributed by atoms with Crippen molar-refractivity contribution in [3.63, 3.8) is 0 Å². The topological polar surface area (TPSA) is 107 Å². The maximum atomic E-state index is 10.4. The molecule has 0 spiro atoms. The maximum absolute atomic E-state index is 10.4. The van der Waals surface area contributed by atoms with Gasteiger partial charge in [0.05, 0.1) is 4.92 Å². The number of anilines is 2. The third kappa shape index (κ3) is 2.91. The monoisotopic (exact) mass is 245 g/mol. The number of hydrogen-bond acceptors (Lipinski definition) is 6. The number of nitrogen functional groups attached to an aromatic ring is 1. The highest BCUT2D eigenvalue weighted by Crippen LogP contribution is 2.10. The minimum Gasteiger partial charge on any atom is -0.399 e. The van der Waals surface area contributed by atoms with Crippen LogP contribution in [0.25, 0.3) is 0 Å². The van der Waals surface area contributed by atoms with Gasteiger partial charge in [0.1, 0.15) is 12.4 Å². The summed E-state index contributed by atoms with van der Waals surface area (Å²) < 4.78 is 0. The lowest BCUT2D eigenvalue weighted by molar-refractivity contribution is -0.385. The molecule has 92 valence electrons. The van der Waals surface area contributed by atoms with Crippen molar-refractivity contribution in [3.8, 4) is 0 Å². The first kappa shape index (κ1) is 11.8. The largest absolute Gasteiger partial charge is 0.399 e. The quantitative estimate of drug-likeness (QED) is 0.481. The molecule has 1 aromatic heterocycles. The summed E-state index contributed by atoms with van der Waals surface area (Å²) in [5, 5.41) is 13.4. The van der Waals surface area contributed by atoms with Crippen LogP contribution in [0.1, 0.15) is 5.56 Å². The van der Waals surface area contributed by atoms with Gasteiger partial charge in [0.25, 0.3) is 0 Å². The Morgan fingerprint density at radius 1 is 1.22 bits per heavy atom. The molecule has 1 heterocycles. The molecular weight excluding hydrogens is 234 g/mol. The van der Waals surface area contributed by atoms with E-state index < -0.39 is 4.92 Å². The van der Waals surface area contributed by atoms with Crippen LogP contribution < -0.4 is 11.1 Å². The normalized spacial score (nSPS) is 10.0. The Morgan fingerprint density at radius 2 is 1.83 bits per heavy atom. The Kier molecular flexibility index (Phi) is 3.33. The van der Waals surface area contributed by atoms with E-state index in [-0.39, 0.29) is 5.69 Å². The highest BCUT2D eigenvalue weighted by Gasteiger charge is 2.06. The minimum absolute atomic E-state index is 0.131. The van der Waals surface area contributed by atoms with Gasteiger partial charge in [0.2, 0.25) is 5.95 Å². The summed E-state index contributed by atoms with van der Waals surface area (Å²) in [5.74, 6) is 0.345. The SMILES string of the molecule is Nc1ccc(CNc2ncc([N+](=O)[O-])cn2)cc1. The Balaban J connectivity index is 1.97. The van der Waals surface area contributed by atoms with Gasteiger partial charge in [0.15, 0.2) is 0 Å². The van der Waals surface area contributed by atoms with E-state index in [4.69, 9.17) is 5.73 Å². The lowest BCUT2D eigenvalue weighted by Crippen LogP contribution is -2.03. The summed E-state index contributed by atoms with van der Waals surface area (Å²) in [6, 6.07) is 7.36. The average Bonchev–Trinajstić information content (AvgIpc) is 2.38. The van der Waals surface area contributed by atoms with Gasteiger partial charge in [-0.2, -0.15) is 0 Å². The third-order valence-corrected chi connectivity index (χ3v) is 2.28. The molecular formula is C11H11N5O2. The highest BCUT2D eigenvalue weighted by molar-refractivity contribution is 5.40. The molecule has 0 saturated heterocycles. The van der Waals surface area contributed by atoms with Crippen LogP contribution in [0.5, 0.6) is 0 Å².